The van der Waals surface area contributed by atoms with Crippen molar-refractivity contribution >= 4 is 23.9 Å². The maximum atomic E-state index is 11.5. The molecule has 0 atom stereocenters. The Morgan fingerprint density at radius 1 is 0.880 bits per heavy atom. The molecular formula is C17H26O8. The summed E-state index contributed by atoms with van der Waals surface area (Å²) < 4.78 is 13.6. The van der Waals surface area contributed by atoms with E-state index in [1.807, 2.05) is 0 Å². The van der Waals surface area contributed by atoms with Crippen LogP contribution in [0, 0.1) is 0 Å². The summed E-state index contributed by atoms with van der Waals surface area (Å²) in [5, 5.41) is 7.42. The summed E-state index contributed by atoms with van der Waals surface area (Å²) in [6, 6.07) is 0. The predicted octanol–water partition coefficient (Wildman–Crippen LogP) is 2.05. The van der Waals surface area contributed by atoms with Crippen LogP contribution in [-0.2, 0) is 33.4 Å². The van der Waals surface area contributed by atoms with Crippen LogP contribution in [0.5, 0.6) is 0 Å². The molecule has 0 aromatic rings. The molecule has 8 heteroatoms. The van der Waals surface area contributed by atoms with Crippen molar-refractivity contribution in [3.63, 3.8) is 0 Å². The first-order valence-corrected chi connectivity index (χ1v) is 7.03. The molecule has 0 aromatic carbocycles. The van der Waals surface area contributed by atoms with Crippen molar-refractivity contribution in [1.82, 2.24) is 0 Å². The zero-order valence-electron chi connectivity index (χ0n) is 15.3. The predicted molar refractivity (Wildman–Crippen MR) is 91.7 cm³/mol. The fraction of sp³-hybridized carbons (Fsp3) is 0.412. The zero-order valence-corrected chi connectivity index (χ0v) is 15.3. The minimum absolute atomic E-state index is 0.0280. The lowest BCUT2D eigenvalue weighted by molar-refractivity contribution is -0.148. The Balaban J connectivity index is -0.000000442. The average molecular weight is 358 g/mol. The van der Waals surface area contributed by atoms with Gasteiger partial charge in [0.15, 0.2) is 0 Å². The third-order valence-corrected chi connectivity index (χ3v) is 2.06. The molecule has 0 aliphatic heterocycles. The van der Waals surface area contributed by atoms with Crippen LogP contribution >= 0.6 is 0 Å². The SMILES string of the molecule is C=C/C(C)=C(\C=C)C(=O)OCCOC(C)=O.CC(=O)O.COC(C)=O. The van der Waals surface area contributed by atoms with Crippen LogP contribution in [0.4, 0.5) is 0 Å². The molecule has 1 N–H and O–H groups in total. The number of carbonyl (C=O) groups excluding carboxylic acids is 3. The van der Waals surface area contributed by atoms with E-state index < -0.39 is 17.9 Å². The topological polar surface area (TPSA) is 116 Å². The molecule has 0 spiro atoms. The van der Waals surface area contributed by atoms with Gasteiger partial charge in [0.05, 0.1) is 12.7 Å². The van der Waals surface area contributed by atoms with Gasteiger partial charge < -0.3 is 19.3 Å². The van der Waals surface area contributed by atoms with E-state index in [0.29, 0.717) is 11.1 Å². The second kappa shape index (κ2) is 17.5. The van der Waals surface area contributed by atoms with Crippen LogP contribution in [0.15, 0.2) is 36.5 Å². The highest BCUT2D eigenvalue weighted by Gasteiger charge is 2.09. The molecule has 0 rings (SSSR count). The molecule has 0 saturated carbocycles. The van der Waals surface area contributed by atoms with Crippen LogP contribution in [0.25, 0.3) is 0 Å². The number of allylic oxidation sites excluding steroid dienone is 2. The molecular weight excluding hydrogens is 332 g/mol. The van der Waals surface area contributed by atoms with Crippen LogP contribution in [-0.4, -0.2) is 49.3 Å². The Morgan fingerprint density at radius 2 is 1.28 bits per heavy atom. The molecule has 0 bridgehead atoms. The Bertz CT molecular complexity index is 499. The van der Waals surface area contributed by atoms with Crippen molar-refractivity contribution in [3.05, 3.63) is 36.5 Å². The molecule has 25 heavy (non-hydrogen) atoms. The summed E-state index contributed by atoms with van der Waals surface area (Å²) in [4.78, 5) is 40.5. The number of carboxylic acids is 1. The van der Waals surface area contributed by atoms with Crippen molar-refractivity contribution in [1.29, 1.82) is 0 Å². The maximum absolute atomic E-state index is 11.5. The largest absolute Gasteiger partial charge is 0.481 e. The van der Waals surface area contributed by atoms with Gasteiger partial charge in [0.25, 0.3) is 5.97 Å². The monoisotopic (exact) mass is 358 g/mol. The summed E-state index contributed by atoms with van der Waals surface area (Å²) in [5.41, 5.74) is 1.05. The summed E-state index contributed by atoms with van der Waals surface area (Å²) in [5.74, 6) is -1.98. The van der Waals surface area contributed by atoms with Crippen molar-refractivity contribution < 1.29 is 38.5 Å². The first-order valence-electron chi connectivity index (χ1n) is 7.03. The van der Waals surface area contributed by atoms with Crippen LogP contribution in [0.3, 0.4) is 0 Å². The second-order valence-electron chi connectivity index (χ2n) is 4.20. The molecule has 0 aliphatic carbocycles. The highest BCUT2D eigenvalue weighted by molar-refractivity contribution is 5.92. The number of carbonyl (C=O) groups is 4. The molecule has 0 aromatic heterocycles. The van der Waals surface area contributed by atoms with E-state index in [4.69, 9.17) is 14.6 Å². The van der Waals surface area contributed by atoms with Gasteiger partial charge in [-0.2, -0.15) is 0 Å². The molecule has 0 heterocycles. The van der Waals surface area contributed by atoms with Crippen molar-refractivity contribution in [2.75, 3.05) is 20.3 Å². The molecule has 0 saturated heterocycles. The van der Waals surface area contributed by atoms with Gasteiger partial charge in [-0.3, -0.25) is 14.4 Å². The smallest absolute Gasteiger partial charge is 0.338 e. The fourth-order valence-electron chi connectivity index (χ4n) is 0.913. The molecule has 0 aliphatic rings. The van der Waals surface area contributed by atoms with Crippen molar-refractivity contribution in [2.45, 2.75) is 27.7 Å². The molecule has 8 nitrogen and oxygen atoms in total. The van der Waals surface area contributed by atoms with E-state index in [0.717, 1.165) is 6.92 Å². The van der Waals surface area contributed by atoms with E-state index in [1.54, 1.807) is 13.0 Å². The first-order chi connectivity index (χ1) is 11.5. The van der Waals surface area contributed by atoms with E-state index in [1.165, 1.54) is 27.0 Å². The third kappa shape index (κ3) is 23.5. The summed E-state index contributed by atoms with van der Waals surface area (Å²) in [6.45, 7) is 12.6. The van der Waals surface area contributed by atoms with Crippen molar-refractivity contribution in [2.24, 2.45) is 0 Å². The third-order valence-electron chi connectivity index (χ3n) is 2.06. The van der Waals surface area contributed by atoms with Gasteiger partial charge in [-0.05, 0) is 12.5 Å². The minimum atomic E-state index is -0.833. The quantitative estimate of drug-likeness (QED) is 0.252. The highest BCUT2D eigenvalue weighted by atomic mass is 16.6. The van der Waals surface area contributed by atoms with Crippen LogP contribution in [0.1, 0.15) is 27.7 Å². The average Bonchev–Trinajstić information content (AvgIpc) is 2.51. The van der Waals surface area contributed by atoms with Crippen LogP contribution in [0.2, 0.25) is 0 Å². The Kier molecular flexibility index (Phi) is 18.8. The van der Waals surface area contributed by atoms with Gasteiger partial charge in [-0.1, -0.05) is 25.3 Å². The standard InChI is InChI=1S/C12H16O4.C3H6O2.C2H4O2/c1-5-9(3)11(6-2)12(14)16-8-7-15-10(4)13;1-3(4)5-2;1-2(3)4/h5-6H,1-2,7-8H2,3-4H3;1-2H3;1H3,(H,3,4)/b11-9+;;. The van der Waals surface area contributed by atoms with E-state index >= 15 is 0 Å². The van der Waals surface area contributed by atoms with Gasteiger partial charge >= 0.3 is 17.9 Å². The lowest BCUT2D eigenvalue weighted by Gasteiger charge is -2.06. The molecule has 0 radical (unpaired) electrons. The van der Waals surface area contributed by atoms with Gasteiger partial charge in [0, 0.05) is 20.8 Å². The zero-order chi connectivity index (χ0) is 20.4. The van der Waals surface area contributed by atoms with E-state index in [2.05, 4.69) is 22.6 Å². The molecule has 142 valence electrons. The summed E-state index contributed by atoms with van der Waals surface area (Å²) >= 11 is 0. The number of ether oxygens (including phenoxy) is 3. The van der Waals surface area contributed by atoms with Gasteiger partial charge in [0.2, 0.25) is 0 Å². The van der Waals surface area contributed by atoms with E-state index in [9.17, 15) is 14.4 Å². The number of hydrogen-bond donors (Lipinski definition) is 1. The van der Waals surface area contributed by atoms with Gasteiger partial charge in [-0.25, -0.2) is 4.79 Å². The number of hydrogen-bond acceptors (Lipinski definition) is 7. The number of rotatable bonds is 6. The molecule has 0 amide bonds. The van der Waals surface area contributed by atoms with Crippen LogP contribution < -0.4 is 0 Å². The van der Waals surface area contributed by atoms with Gasteiger partial charge in [-0.15, -0.1) is 0 Å². The fourth-order valence-corrected chi connectivity index (χ4v) is 0.913. The Hall–Kier alpha value is -2.90. The minimum Gasteiger partial charge on any atom is -0.481 e. The lowest BCUT2D eigenvalue weighted by Crippen LogP contribution is -2.13. The Labute approximate surface area is 147 Å². The summed E-state index contributed by atoms with van der Waals surface area (Å²) in [6.07, 6.45) is 2.95. The first kappa shape index (κ1) is 27.0. The molecule has 0 fully saturated rings. The Morgan fingerprint density at radius 3 is 1.56 bits per heavy atom. The molecule has 0 unspecified atom stereocenters. The number of esters is 3. The van der Waals surface area contributed by atoms with Gasteiger partial charge in [0.1, 0.15) is 13.2 Å². The summed E-state index contributed by atoms with van der Waals surface area (Å²) in [7, 11) is 1.35. The number of methoxy groups -OCH3 is 1. The lowest BCUT2D eigenvalue weighted by atomic mass is 10.1. The van der Waals surface area contributed by atoms with E-state index in [-0.39, 0.29) is 19.2 Å². The maximum Gasteiger partial charge on any atom is 0.338 e. The van der Waals surface area contributed by atoms with Crippen molar-refractivity contribution in [3.8, 4) is 0 Å². The second-order valence-corrected chi connectivity index (χ2v) is 4.20. The number of aliphatic carboxylic acids is 1. The highest BCUT2D eigenvalue weighted by Crippen LogP contribution is 2.08. The normalized spacial score (nSPS) is 9.48. The number of carboxylic acid groups (broad SMARTS) is 1.